The lowest BCUT2D eigenvalue weighted by Crippen LogP contribution is -2.44. The summed E-state index contributed by atoms with van der Waals surface area (Å²) in [6, 6.07) is 1.48. The molecule has 1 fully saturated rings. The molecule has 1 aliphatic carbocycles. The Morgan fingerprint density at radius 1 is 1.14 bits per heavy atom. The first-order valence-corrected chi connectivity index (χ1v) is 8.24. The number of guanidine groups is 1. The molecule has 126 valence electrons. The summed E-state index contributed by atoms with van der Waals surface area (Å²) in [5.74, 6) is 1.72. The highest BCUT2D eigenvalue weighted by Gasteiger charge is 2.29. The largest absolute Gasteiger partial charge is 0.356 e. The molecule has 4 nitrogen and oxygen atoms in total. The van der Waals surface area contributed by atoms with Gasteiger partial charge in [0.1, 0.15) is 0 Å². The van der Waals surface area contributed by atoms with Crippen LogP contribution in [0.25, 0.3) is 0 Å². The summed E-state index contributed by atoms with van der Waals surface area (Å²) < 4.78 is 0. The third kappa shape index (κ3) is 9.55. The second kappa shape index (κ2) is 11.5. The second-order valence-corrected chi connectivity index (χ2v) is 6.52. The molecule has 0 aromatic rings. The lowest BCUT2D eigenvalue weighted by Gasteiger charge is -2.26. The zero-order valence-electron chi connectivity index (χ0n) is 14.5. The van der Waals surface area contributed by atoms with Gasteiger partial charge in [0.15, 0.2) is 5.96 Å². The van der Waals surface area contributed by atoms with Gasteiger partial charge in [-0.05, 0) is 45.4 Å². The number of nitrogens with one attached hydrogen (secondary N) is 2. The summed E-state index contributed by atoms with van der Waals surface area (Å²) in [6.07, 6.45) is 5.23. The van der Waals surface area contributed by atoms with Gasteiger partial charge in [0.2, 0.25) is 0 Å². The van der Waals surface area contributed by atoms with Crippen molar-refractivity contribution in [2.24, 2.45) is 10.9 Å². The number of hydrogen-bond acceptors (Lipinski definition) is 2. The number of aliphatic imine (C=N–C) groups is 1. The number of rotatable bonds is 9. The van der Waals surface area contributed by atoms with Crippen LogP contribution >= 0.6 is 24.0 Å². The van der Waals surface area contributed by atoms with Crippen molar-refractivity contribution < 1.29 is 0 Å². The first-order valence-electron chi connectivity index (χ1n) is 8.24. The SMILES string of the molecule is CN=C(NCCCC(C)C)NCCN(C(C)C)C1CC1.I. The van der Waals surface area contributed by atoms with E-state index < -0.39 is 0 Å². The van der Waals surface area contributed by atoms with Crippen molar-refractivity contribution >= 4 is 29.9 Å². The van der Waals surface area contributed by atoms with Crippen LogP contribution in [0.15, 0.2) is 4.99 Å². The Balaban J connectivity index is 0.00000400. The minimum Gasteiger partial charge on any atom is -0.356 e. The third-order valence-electron chi connectivity index (χ3n) is 3.82. The van der Waals surface area contributed by atoms with Crippen LogP contribution in [-0.4, -0.2) is 49.6 Å². The summed E-state index contributed by atoms with van der Waals surface area (Å²) in [5.41, 5.74) is 0. The van der Waals surface area contributed by atoms with Gasteiger partial charge in [-0.1, -0.05) is 13.8 Å². The maximum absolute atomic E-state index is 4.28. The van der Waals surface area contributed by atoms with E-state index in [-0.39, 0.29) is 24.0 Å². The smallest absolute Gasteiger partial charge is 0.191 e. The van der Waals surface area contributed by atoms with Gasteiger partial charge in [-0.25, -0.2) is 0 Å². The van der Waals surface area contributed by atoms with E-state index in [0.717, 1.165) is 37.6 Å². The van der Waals surface area contributed by atoms with Gasteiger partial charge >= 0.3 is 0 Å². The molecule has 0 saturated heterocycles. The molecule has 0 amide bonds. The van der Waals surface area contributed by atoms with Gasteiger partial charge in [-0.2, -0.15) is 0 Å². The Bertz CT molecular complexity index is 286. The molecule has 0 aromatic heterocycles. The molecule has 0 bridgehead atoms. The molecule has 0 spiro atoms. The van der Waals surface area contributed by atoms with Crippen LogP contribution in [0.2, 0.25) is 0 Å². The zero-order valence-corrected chi connectivity index (χ0v) is 16.8. The number of hydrogen-bond donors (Lipinski definition) is 2. The van der Waals surface area contributed by atoms with E-state index >= 15 is 0 Å². The molecule has 0 unspecified atom stereocenters. The third-order valence-corrected chi connectivity index (χ3v) is 3.82. The van der Waals surface area contributed by atoms with Crippen LogP contribution in [0.3, 0.4) is 0 Å². The molecule has 21 heavy (non-hydrogen) atoms. The first kappa shape index (κ1) is 21.0. The Hall–Kier alpha value is -0.0400. The van der Waals surface area contributed by atoms with Crippen LogP contribution in [-0.2, 0) is 0 Å². The molecule has 0 radical (unpaired) electrons. The van der Waals surface area contributed by atoms with Gasteiger partial charge in [0.25, 0.3) is 0 Å². The Kier molecular flexibility index (Phi) is 11.5. The van der Waals surface area contributed by atoms with Gasteiger partial charge in [0, 0.05) is 38.8 Å². The molecular weight excluding hydrogens is 375 g/mol. The summed E-state index contributed by atoms with van der Waals surface area (Å²) >= 11 is 0. The minimum absolute atomic E-state index is 0. The standard InChI is InChI=1S/C16H34N4.HI/c1-13(2)7-6-10-18-16(17-5)19-11-12-20(14(3)4)15-8-9-15;/h13-15H,6-12H2,1-5H3,(H2,17,18,19);1H. The van der Waals surface area contributed by atoms with E-state index in [9.17, 15) is 0 Å². The highest BCUT2D eigenvalue weighted by atomic mass is 127. The van der Waals surface area contributed by atoms with E-state index in [0.29, 0.717) is 6.04 Å². The maximum atomic E-state index is 4.28. The fraction of sp³-hybridized carbons (Fsp3) is 0.938. The lowest BCUT2D eigenvalue weighted by molar-refractivity contribution is 0.215. The second-order valence-electron chi connectivity index (χ2n) is 6.52. The lowest BCUT2D eigenvalue weighted by atomic mass is 10.1. The molecule has 5 heteroatoms. The molecule has 1 rings (SSSR count). The molecule has 0 heterocycles. The van der Waals surface area contributed by atoms with Crippen molar-refractivity contribution in [1.29, 1.82) is 0 Å². The van der Waals surface area contributed by atoms with E-state index in [1.165, 1.54) is 25.7 Å². The zero-order chi connectivity index (χ0) is 15.0. The highest BCUT2D eigenvalue weighted by molar-refractivity contribution is 14.0. The van der Waals surface area contributed by atoms with Crippen LogP contribution in [0.1, 0.15) is 53.4 Å². The number of halogens is 1. The first-order chi connectivity index (χ1) is 9.54. The van der Waals surface area contributed by atoms with Crippen LogP contribution in [0.4, 0.5) is 0 Å². The normalized spacial score (nSPS) is 15.5. The Labute approximate surface area is 148 Å². The minimum atomic E-state index is 0. The average molecular weight is 410 g/mol. The molecule has 2 N–H and O–H groups in total. The molecule has 1 saturated carbocycles. The van der Waals surface area contributed by atoms with E-state index in [2.05, 4.69) is 48.2 Å². The van der Waals surface area contributed by atoms with Crippen molar-refractivity contribution in [2.45, 2.75) is 65.5 Å². The predicted octanol–water partition coefficient (Wildman–Crippen LogP) is 3.08. The van der Waals surface area contributed by atoms with Gasteiger partial charge in [0.05, 0.1) is 0 Å². The van der Waals surface area contributed by atoms with Crippen LogP contribution in [0, 0.1) is 5.92 Å². The van der Waals surface area contributed by atoms with Gasteiger partial charge < -0.3 is 10.6 Å². The average Bonchev–Trinajstić information content (AvgIpc) is 3.20. The van der Waals surface area contributed by atoms with E-state index in [1.54, 1.807) is 0 Å². The fourth-order valence-corrected chi connectivity index (χ4v) is 2.51. The summed E-state index contributed by atoms with van der Waals surface area (Å²) in [6.45, 7) is 12.2. The molecule has 0 aromatic carbocycles. The molecule has 1 aliphatic rings. The Morgan fingerprint density at radius 3 is 2.24 bits per heavy atom. The van der Waals surface area contributed by atoms with Gasteiger partial charge in [-0.15, -0.1) is 24.0 Å². The molecule has 0 atom stereocenters. The summed E-state index contributed by atoms with van der Waals surface area (Å²) in [4.78, 5) is 6.88. The van der Waals surface area contributed by atoms with Crippen molar-refractivity contribution in [1.82, 2.24) is 15.5 Å². The van der Waals surface area contributed by atoms with Crippen LogP contribution in [0.5, 0.6) is 0 Å². The van der Waals surface area contributed by atoms with Crippen molar-refractivity contribution in [3.8, 4) is 0 Å². The molecule has 0 aliphatic heterocycles. The van der Waals surface area contributed by atoms with Crippen molar-refractivity contribution in [3.63, 3.8) is 0 Å². The molecular formula is C16H35IN4. The topological polar surface area (TPSA) is 39.7 Å². The fourth-order valence-electron chi connectivity index (χ4n) is 2.51. The van der Waals surface area contributed by atoms with Crippen LogP contribution < -0.4 is 10.6 Å². The van der Waals surface area contributed by atoms with Gasteiger partial charge in [-0.3, -0.25) is 9.89 Å². The Morgan fingerprint density at radius 2 is 1.76 bits per heavy atom. The van der Waals surface area contributed by atoms with Crippen molar-refractivity contribution in [2.75, 3.05) is 26.7 Å². The van der Waals surface area contributed by atoms with E-state index in [4.69, 9.17) is 0 Å². The summed E-state index contributed by atoms with van der Waals surface area (Å²) in [7, 11) is 1.85. The number of nitrogens with zero attached hydrogens (tertiary/aromatic N) is 2. The van der Waals surface area contributed by atoms with Crippen molar-refractivity contribution in [3.05, 3.63) is 0 Å². The maximum Gasteiger partial charge on any atom is 0.191 e. The monoisotopic (exact) mass is 410 g/mol. The predicted molar refractivity (Wildman–Crippen MR) is 104 cm³/mol. The van der Waals surface area contributed by atoms with E-state index in [1.807, 2.05) is 7.05 Å². The quantitative estimate of drug-likeness (QED) is 0.266. The highest BCUT2D eigenvalue weighted by Crippen LogP contribution is 2.27. The summed E-state index contributed by atoms with van der Waals surface area (Å²) in [5, 5.41) is 6.82.